The van der Waals surface area contributed by atoms with Gasteiger partial charge >= 0.3 is 0 Å². The number of hydrogen-bond acceptors (Lipinski definition) is 3. The highest BCUT2D eigenvalue weighted by Gasteiger charge is 2.08. The van der Waals surface area contributed by atoms with Gasteiger partial charge in [0.25, 0.3) is 0 Å². The molecule has 4 heteroatoms. The van der Waals surface area contributed by atoms with E-state index in [2.05, 4.69) is 30.8 Å². The summed E-state index contributed by atoms with van der Waals surface area (Å²) in [6, 6.07) is 5.69. The first-order valence-corrected chi connectivity index (χ1v) is 6.81. The molecular weight excluding hydrogens is 246 g/mol. The molecule has 0 unspecified atom stereocenters. The van der Waals surface area contributed by atoms with E-state index < -0.39 is 0 Å². The third-order valence-electron chi connectivity index (χ3n) is 2.87. The zero-order valence-electron chi connectivity index (χ0n) is 11.6. The normalized spacial score (nSPS) is 11.4. The number of rotatable bonds is 7. The SMILES string of the molecule is CCCN(CCN(C)C)Cc1cc(N)ccc1Cl. The molecule has 0 radical (unpaired) electrons. The van der Waals surface area contributed by atoms with Gasteiger partial charge < -0.3 is 10.6 Å². The Hall–Kier alpha value is -0.770. The third kappa shape index (κ3) is 5.25. The average Bonchev–Trinajstić information content (AvgIpc) is 2.31. The molecule has 0 aliphatic carbocycles. The summed E-state index contributed by atoms with van der Waals surface area (Å²) in [6.07, 6.45) is 1.15. The molecule has 2 N–H and O–H groups in total. The van der Waals surface area contributed by atoms with E-state index in [-0.39, 0.29) is 0 Å². The first-order valence-electron chi connectivity index (χ1n) is 6.44. The molecule has 18 heavy (non-hydrogen) atoms. The summed E-state index contributed by atoms with van der Waals surface area (Å²) in [5.74, 6) is 0. The fourth-order valence-electron chi connectivity index (χ4n) is 1.88. The van der Waals surface area contributed by atoms with E-state index in [4.69, 9.17) is 17.3 Å². The molecular formula is C14H24ClN3. The quantitative estimate of drug-likeness (QED) is 0.773. The largest absolute Gasteiger partial charge is 0.399 e. The molecule has 0 atom stereocenters. The molecule has 102 valence electrons. The summed E-state index contributed by atoms with van der Waals surface area (Å²) in [7, 11) is 4.19. The van der Waals surface area contributed by atoms with Crippen LogP contribution in [0.25, 0.3) is 0 Å². The number of anilines is 1. The standard InChI is InChI=1S/C14H24ClN3/c1-4-7-18(9-8-17(2)3)11-12-10-13(16)5-6-14(12)15/h5-6,10H,4,7-9,11,16H2,1-3H3. The predicted octanol–water partition coefficient (Wildman–Crippen LogP) is 2.70. The summed E-state index contributed by atoms with van der Waals surface area (Å²) >= 11 is 6.21. The minimum Gasteiger partial charge on any atom is -0.399 e. The minimum atomic E-state index is 0.776. The molecule has 0 fully saturated rings. The van der Waals surface area contributed by atoms with Gasteiger partial charge in [0.1, 0.15) is 0 Å². The summed E-state index contributed by atoms with van der Waals surface area (Å²) in [5.41, 5.74) is 7.71. The van der Waals surface area contributed by atoms with Crippen molar-refractivity contribution in [1.29, 1.82) is 0 Å². The Morgan fingerprint density at radius 3 is 2.50 bits per heavy atom. The fourth-order valence-corrected chi connectivity index (χ4v) is 2.06. The number of nitrogens with zero attached hydrogens (tertiary/aromatic N) is 2. The van der Waals surface area contributed by atoms with Gasteiger partial charge in [0, 0.05) is 30.3 Å². The molecule has 0 aliphatic heterocycles. The predicted molar refractivity (Wildman–Crippen MR) is 80.0 cm³/mol. The van der Waals surface area contributed by atoms with Crippen LogP contribution in [0.5, 0.6) is 0 Å². The van der Waals surface area contributed by atoms with Crippen LogP contribution >= 0.6 is 11.6 Å². The number of nitrogens with two attached hydrogens (primary N) is 1. The summed E-state index contributed by atoms with van der Waals surface area (Å²) in [4.78, 5) is 4.62. The van der Waals surface area contributed by atoms with Crippen molar-refractivity contribution in [2.45, 2.75) is 19.9 Å². The topological polar surface area (TPSA) is 32.5 Å². The second kappa shape index (κ2) is 7.62. The Kier molecular flexibility index (Phi) is 6.47. The number of benzene rings is 1. The van der Waals surface area contributed by atoms with Crippen molar-refractivity contribution < 1.29 is 0 Å². The molecule has 0 saturated heterocycles. The molecule has 0 heterocycles. The lowest BCUT2D eigenvalue weighted by molar-refractivity contribution is 0.234. The molecule has 1 aromatic carbocycles. The lowest BCUT2D eigenvalue weighted by Crippen LogP contribution is -2.32. The van der Waals surface area contributed by atoms with Crippen molar-refractivity contribution in [2.24, 2.45) is 0 Å². The van der Waals surface area contributed by atoms with Crippen LogP contribution in [0.2, 0.25) is 5.02 Å². The van der Waals surface area contributed by atoms with Crippen molar-refractivity contribution in [3.8, 4) is 0 Å². The zero-order chi connectivity index (χ0) is 13.5. The fraction of sp³-hybridized carbons (Fsp3) is 0.571. The minimum absolute atomic E-state index is 0.776. The lowest BCUT2D eigenvalue weighted by Gasteiger charge is -2.24. The molecule has 0 aliphatic rings. The molecule has 0 spiro atoms. The second-order valence-electron chi connectivity index (χ2n) is 4.93. The van der Waals surface area contributed by atoms with Crippen LogP contribution in [0.15, 0.2) is 18.2 Å². The zero-order valence-corrected chi connectivity index (χ0v) is 12.4. The van der Waals surface area contributed by atoms with E-state index in [1.807, 2.05) is 18.2 Å². The Bertz CT molecular complexity index is 366. The first kappa shape index (κ1) is 15.3. The van der Waals surface area contributed by atoms with Crippen LogP contribution in [0, 0.1) is 0 Å². The molecule has 0 aromatic heterocycles. The Labute approximate surface area is 116 Å². The average molecular weight is 270 g/mol. The van der Waals surface area contributed by atoms with Crippen molar-refractivity contribution in [3.63, 3.8) is 0 Å². The molecule has 0 amide bonds. The highest BCUT2D eigenvalue weighted by molar-refractivity contribution is 6.31. The molecule has 3 nitrogen and oxygen atoms in total. The van der Waals surface area contributed by atoms with E-state index in [9.17, 15) is 0 Å². The lowest BCUT2D eigenvalue weighted by atomic mass is 10.2. The summed E-state index contributed by atoms with van der Waals surface area (Å²) in [5, 5.41) is 0.801. The maximum absolute atomic E-state index is 6.21. The van der Waals surface area contributed by atoms with Gasteiger partial charge in [-0.3, -0.25) is 4.90 Å². The van der Waals surface area contributed by atoms with Gasteiger partial charge in [0.2, 0.25) is 0 Å². The highest BCUT2D eigenvalue weighted by Crippen LogP contribution is 2.20. The van der Waals surface area contributed by atoms with Gasteiger partial charge in [-0.2, -0.15) is 0 Å². The van der Waals surface area contributed by atoms with Gasteiger partial charge in [0.15, 0.2) is 0 Å². The Morgan fingerprint density at radius 1 is 1.17 bits per heavy atom. The number of nitrogen functional groups attached to an aromatic ring is 1. The number of hydrogen-bond donors (Lipinski definition) is 1. The maximum atomic E-state index is 6.21. The first-order chi connectivity index (χ1) is 8.52. The van der Waals surface area contributed by atoms with E-state index in [0.29, 0.717) is 0 Å². The van der Waals surface area contributed by atoms with Gasteiger partial charge in [-0.05, 0) is 50.8 Å². The van der Waals surface area contributed by atoms with E-state index in [1.54, 1.807) is 0 Å². The number of halogens is 1. The van der Waals surface area contributed by atoms with Gasteiger partial charge in [-0.15, -0.1) is 0 Å². The van der Waals surface area contributed by atoms with Crippen molar-refractivity contribution >= 4 is 17.3 Å². The van der Waals surface area contributed by atoms with Crippen LogP contribution < -0.4 is 5.73 Å². The molecule has 0 saturated carbocycles. The van der Waals surface area contributed by atoms with Crippen LogP contribution in [0.4, 0.5) is 5.69 Å². The van der Waals surface area contributed by atoms with Crippen LogP contribution in [-0.2, 0) is 6.54 Å². The molecule has 0 bridgehead atoms. The Balaban J connectivity index is 2.66. The molecule has 1 aromatic rings. The van der Waals surface area contributed by atoms with Crippen molar-refractivity contribution in [1.82, 2.24) is 9.80 Å². The van der Waals surface area contributed by atoms with Gasteiger partial charge in [-0.1, -0.05) is 18.5 Å². The van der Waals surface area contributed by atoms with Crippen molar-refractivity contribution in [3.05, 3.63) is 28.8 Å². The maximum Gasteiger partial charge on any atom is 0.0452 e. The van der Waals surface area contributed by atoms with E-state index in [0.717, 1.165) is 48.9 Å². The Morgan fingerprint density at radius 2 is 1.89 bits per heavy atom. The smallest absolute Gasteiger partial charge is 0.0452 e. The van der Waals surface area contributed by atoms with E-state index >= 15 is 0 Å². The van der Waals surface area contributed by atoms with Gasteiger partial charge in [0.05, 0.1) is 0 Å². The van der Waals surface area contributed by atoms with Gasteiger partial charge in [-0.25, -0.2) is 0 Å². The van der Waals surface area contributed by atoms with E-state index in [1.165, 1.54) is 0 Å². The number of likely N-dealkylation sites (N-methyl/N-ethyl adjacent to an activating group) is 1. The van der Waals surface area contributed by atoms with Crippen molar-refractivity contribution in [2.75, 3.05) is 39.5 Å². The highest BCUT2D eigenvalue weighted by atomic mass is 35.5. The summed E-state index contributed by atoms with van der Waals surface area (Å²) < 4.78 is 0. The third-order valence-corrected chi connectivity index (χ3v) is 3.24. The van der Waals surface area contributed by atoms with Crippen LogP contribution in [-0.4, -0.2) is 43.5 Å². The van der Waals surface area contributed by atoms with Crippen LogP contribution in [0.1, 0.15) is 18.9 Å². The summed E-state index contributed by atoms with van der Waals surface area (Å²) in [6.45, 7) is 6.25. The second-order valence-corrected chi connectivity index (χ2v) is 5.34. The monoisotopic (exact) mass is 269 g/mol. The van der Waals surface area contributed by atoms with Crippen LogP contribution in [0.3, 0.4) is 0 Å². The molecule has 1 rings (SSSR count).